The Labute approximate surface area is 130 Å². The van der Waals surface area contributed by atoms with Crippen molar-refractivity contribution in [2.24, 2.45) is 5.92 Å². The zero-order valence-electron chi connectivity index (χ0n) is 11.6. The molecule has 0 aliphatic carbocycles. The molecule has 2 N–H and O–H groups in total. The lowest BCUT2D eigenvalue weighted by molar-refractivity contribution is -0.138. The highest BCUT2D eigenvalue weighted by molar-refractivity contribution is 9.10. The van der Waals surface area contributed by atoms with Gasteiger partial charge in [0.2, 0.25) is 0 Å². The van der Waals surface area contributed by atoms with Gasteiger partial charge in [-0.15, -0.1) is 0 Å². The standard InChI is InChI=1S/C14H17BrFNO4/c1-2-9(5-14(19)20)7-17-13(18)8-21-12-4-3-10(15)6-11(12)16/h3-4,6,9H,2,5,7-8H2,1H3,(H,17,18)(H,19,20). The summed E-state index contributed by atoms with van der Waals surface area (Å²) in [6, 6.07) is 4.27. The minimum atomic E-state index is -0.899. The van der Waals surface area contributed by atoms with Crippen molar-refractivity contribution >= 4 is 27.8 Å². The van der Waals surface area contributed by atoms with E-state index in [0.717, 1.165) is 0 Å². The Bertz CT molecular complexity index is 510. The fraction of sp³-hybridized carbons (Fsp3) is 0.429. The summed E-state index contributed by atoms with van der Waals surface area (Å²) >= 11 is 3.12. The number of carboxylic acid groups (broad SMARTS) is 1. The Hall–Kier alpha value is -1.63. The molecule has 5 nitrogen and oxygen atoms in total. The second-order valence-electron chi connectivity index (χ2n) is 4.54. The summed E-state index contributed by atoms with van der Waals surface area (Å²) in [5.41, 5.74) is 0. The second-order valence-corrected chi connectivity index (χ2v) is 5.46. The van der Waals surface area contributed by atoms with Gasteiger partial charge in [-0.2, -0.15) is 0 Å². The summed E-state index contributed by atoms with van der Waals surface area (Å²) in [6.45, 7) is 1.79. The number of aliphatic carboxylic acids is 1. The Morgan fingerprint density at radius 1 is 1.48 bits per heavy atom. The molecule has 0 fully saturated rings. The van der Waals surface area contributed by atoms with E-state index in [1.807, 2.05) is 6.92 Å². The van der Waals surface area contributed by atoms with Crippen LogP contribution < -0.4 is 10.1 Å². The molecule has 0 saturated heterocycles. The number of carbonyl (C=O) groups is 2. The molecule has 0 spiro atoms. The van der Waals surface area contributed by atoms with Crippen LogP contribution in [0.3, 0.4) is 0 Å². The maximum atomic E-state index is 13.5. The van der Waals surface area contributed by atoms with Crippen LogP contribution in [0.5, 0.6) is 5.75 Å². The first-order valence-electron chi connectivity index (χ1n) is 6.48. The highest BCUT2D eigenvalue weighted by Gasteiger charge is 2.13. The van der Waals surface area contributed by atoms with Gasteiger partial charge in [-0.05, 0) is 24.1 Å². The highest BCUT2D eigenvalue weighted by Crippen LogP contribution is 2.21. The topological polar surface area (TPSA) is 75.6 Å². The number of hydrogen-bond acceptors (Lipinski definition) is 3. The van der Waals surface area contributed by atoms with Gasteiger partial charge in [0.05, 0.1) is 0 Å². The van der Waals surface area contributed by atoms with Crippen LogP contribution in [0.25, 0.3) is 0 Å². The average Bonchev–Trinajstić information content (AvgIpc) is 2.42. The summed E-state index contributed by atoms with van der Waals surface area (Å²) in [7, 11) is 0. The molecule has 0 bridgehead atoms. The molecular weight excluding hydrogens is 345 g/mol. The third-order valence-electron chi connectivity index (χ3n) is 2.88. The van der Waals surface area contributed by atoms with E-state index in [1.165, 1.54) is 12.1 Å². The van der Waals surface area contributed by atoms with Gasteiger partial charge in [0.25, 0.3) is 5.91 Å². The number of hydrogen-bond donors (Lipinski definition) is 2. The quantitative estimate of drug-likeness (QED) is 0.746. The predicted molar refractivity (Wildman–Crippen MR) is 78.6 cm³/mol. The monoisotopic (exact) mass is 361 g/mol. The van der Waals surface area contributed by atoms with Crippen molar-refractivity contribution in [2.75, 3.05) is 13.2 Å². The van der Waals surface area contributed by atoms with Crippen LogP contribution in [-0.2, 0) is 9.59 Å². The van der Waals surface area contributed by atoms with Gasteiger partial charge >= 0.3 is 5.97 Å². The van der Waals surface area contributed by atoms with E-state index in [0.29, 0.717) is 10.9 Å². The number of rotatable bonds is 8. The van der Waals surface area contributed by atoms with Crippen molar-refractivity contribution in [2.45, 2.75) is 19.8 Å². The summed E-state index contributed by atoms with van der Waals surface area (Å²) in [6.07, 6.45) is 0.647. The highest BCUT2D eigenvalue weighted by atomic mass is 79.9. The van der Waals surface area contributed by atoms with E-state index in [1.54, 1.807) is 6.07 Å². The number of ether oxygens (including phenoxy) is 1. The number of benzene rings is 1. The van der Waals surface area contributed by atoms with E-state index in [4.69, 9.17) is 9.84 Å². The van der Waals surface area contributed by atoms with E-state index >= 15 is 0 Å². The van der Waals surface area contributed by atoms with E-state index in [9.17, 15) is 14.0 Å². The average molecular weight is 362 g/mol. The summed E-state index contributed by atoms with van der Waals surface area (Å²) < 4.78 is 19.1. The largest absolute Gasteiger partial charge is 0.481 e. The first-order valence-corrected chi connectivity index (χ1v) is 7.28. The zero-order chi connectivity index (χ0) is 15.8. The lowest BCUT2D eigenvalue weighted by atomic mass is 10.0. The number of nitrogens with one attached hydrogen (secondary N) is 1. The van der Waals surface area contributed by atoms with Gasteiger partial charge in [0, 0.05) is 17.4 Å². The van der Waals surface area contributed by atoms with Crippen molar-refractivity contribution < 1.29 is 23.8 Å². The molecule has 1 aromatic rings. The van der Waals surface area contributed by atoms with Crippen LogP contribution >= 0.6 is 15.9 Å². The molecule has 0 heterocycles. The molecule has 0 radical (unpaired) electrons. The number of amides is 1. The molecule has 0 saturated carbocycles. The Balaban J connectivity index is 2.38. The minimum absolute atomic E-state index is 0.00101. The molecule has 1 aromatic carbocycles. The summed E-state index contributed by atoms with van der Waals surface area (Å²) in [5, 5.41) is 11.3. The second kappa shape index (κ2) is 8.61. The molecule has 21 heavy (non-hydrogen) atoms. The van der Waals surface area contributed by atoms with Crippen molar-refractivity contribution in [1.29, 1.82) is 0 Å². The van der Waals surface area contributed by atoms with Gasteiger partial charge < -0.3 is 15.2 Å². The summed E-state index contributed by atoms with van der Waals surface area (Å²) in [4.78, 5) is 22.2. The van der Waals surface area contributed by atoms with Crippen LogP contribution in [0.2, 0.25) is 0 Å². The zero-order valence-corrected chi connectivity index (χ0v) is 13.2. The Kier molecular flexibility index (Phi) is 7.14. The van der Waals surface area contributed by atoms with Gasteiger partial charge in [-0.1, -0.05) is 29.3 Å². The van der Waals surface area contributed by atoms with Crippen molar-refractivity contribution in [1.82, 2.24) is 5.32 Å². The smallest absolute Gasteiger partial charge is 0.303 e. The first kappa shape index (κ1) is 17.4. The maximum Gasteiger partial charge on any atom is 0.303 e. The number of carbonyl (C=O) groups excluding carboxylic acids is 1. The first-order chi connectivity index (χ1) is 9.92. The van der Waals surface area contributed by atoms with Crippen LogP contribution in [0.1, 0.15) is 19.8 Å². The predicted octanol–water partition coefficient (Wildman–Crippen LogP) is 2.58. The minimum Gasteiger partial charge on any atom is -0.481 e. The number of halogens is 2. The lowest BCUT2D eigenvalue weighted by Crippen LogP contribution is -2.33. The molecular formula is C14H17BrFNO4. The molecule has 1 rings (SSSR count). The van der Waals surface area contributed by atoms with Gasteiger partial charge in [-0.25, -0.2) is 4.39 Å². The third-order valence-corrected chi connectivity index (χ3v) is 3.37. The molecule has 7 heteroatoms. The van der Waals surface area contributed by atoms with Crippen molar-refractivity contribution in [3.8, 4) is 5.75 Å². The van der Waals surface area contributed by atoms with Crippen LogP contribution in [0, 0.1) is 11.7 Å². The molecule has 116 valence electrons. The van der Waals surface area contributed by atoms with Crippen LogP contribution in [0.15, 0.2) is 22.7 Å². The lowest BCUT2D eigenvalue weighted by Gasteiger charge is -2.14. The van der Waals surface area contributed by atoms with Crippen LogP contribution in [0.4, 0.5) is 4.39 Å². The Morgan fingerprint density at radius 2 is 2.19 bits per heavy atom. The van der Waals surface area contributed by atoms with Gasteiger partial charge in [-0.3, -0.25) is 9.59 Å². The molecule has 1 amide bonds. The van der Waals surface area contributed by atoms with Gasteiger partial charge in [0.1, 0.15) is 0 Å². The van der Waals surface area contributed by atoms with Crippen LogP contribution in [-0.4, -0.2) is 30.1 Å². The van der Waals surface area contributed by atoms with Gasteiger partial charge in [0.15, 0.2) is 18.2 Å². The van der Waals surface area contributed by atoms with E-state index < -0.39 is 17.7 Å². The van der Waals surface area contributed by atoms with Crippen molar-refractivity contribution in [3.63, 3.8) is 0 Å². The normalized spacial score (nSPS) is 11.8. The molecule has 0 aliphatic heterocycles. The van der Waals surface area contributed by atoms with E-state index in [2.05, 4.69) is 21.2 Å². The molecule has 1 unspecified atom stereocenters. The van der Waals surface area contributed by atoms with E-state index in [-0.39, 0.29) is 31.2 Å². The molecule has 1 atom stereocenters. The maximum absolute atomic E-state index is 13.5. The third kappa shape index (κ3) is 6.57. The van der Waals surface area contributed by atoms with Crippen molar-refractivity contribution in [3.05, 3.63) is 28.5 Å². The molecule has 0 aromatic heterocycles. The SMILES string of the molecule is CCC(CNC(=O)COc1ccc(Br)cc1F)CC(=O)O. The Morgan fingerprint density at radius 3 is 2.76 bits per heavy atom. The summed E-state index contributed by atoms with van der Waals surface area (Å²) in [5.74, 6) is -2.01. The number of carboxylic acids is 1. The fourth-order valence-corrected chi connectivity index (χ4v) is 1.99. The molecule has 0 aliphatic rings. The fourth-order valence-electron chi connectivity index (χ4n) is 1.65.